The van der Waals surface area contributed by atoms with Crippen LogP contribution in [0.1, 0.15) is 19.3 Å². The maximum atomic E-state index is 12.0. The Morgan fingerprint density at radius 3 is 2.93 bits per heavy atom. The summed E-state index contributed by atoms with van der Waals surface area (Å²) in [6.07, 6.45) is 4.84. The summed E-state index contributed by atoms with van der Waals surface area (Å²) in [6, 6.07) is 0. The van der Waals surface area contributed by atoms with Crippen LogP contribution in [0, 0.1) is 0 Å². The fourth-order valence-electron chi connectivity index (χ4n) is 1.74. The van der Waals surface area contributed by atoms with E-state index in [9.17, 15) is 8.42 Å². The number of piperidine rings is 1. The maximum absolute atomic E-state index is 12.0. The Morgan fingerprint density at radius 1 is 1.53 bits per heavy atom. The molecule has 3 N–H and O–H groups in total. The largest absolute Gasteiger partial charge is 0.315 e. The highest BCUT2D eigenvalue weighted by molar-refractivity contribution is 7.89. The molecule has 0 radical (unpaired) electrons. The number of rotatable bonds is 2. The number of H-pyrrole nitrogens is 1. The third-order valence-electron chi connectivity index (χ3n) is 2.58. The van der Waals surface area contributed by atoms with Gasteiger partial charge >= 0.3 is 0 Å². The molecule has 0 aromatic carbocycles. The molecule has 1 saturated heterocycles. The molecule has 1 aromatic heterocycles. The molecule has 1 atom stereocenters. The van der Waals surface area contributed by atoms with Gasteiger partial charge in [-0.15, -0.1) is 0 Å². The van der Waals surface area contributed by atoms with E-state index in [1.807, 2.05) is 0 Å². The molecule has 2 heterocycles. The number of nitrogens with one attached hydrogen (secondary N) is 1. The second-order valence-corrected chi connectivity index (χ2v) is 5.50. The monoisotopic (exact) mass is 230 g/mol. The lowest BCUT2D eigenvalue weighted by Gasteiger charge is -2.31. The second-order valence-electron chi connectivity index (χ2n) is 3.61. The van der Waals surface area contributed by atoms with Gasteiger partial charge in [-0.2, -0.15) is 9.40 Å². The Kier molecular flexibility index (Phi) is 2.76. The Balaban J connectivity index is 2.29. The quantitative estimate of drug-likeness (QED) is 0.740. The second kappa shape index (κ2) is 3.92. The molecule has 6 nitrogen and oxygen atoms in total. The van der Waals surface area contributed by atoms with Crippen molar-refractivity contribution in [3.63, 3.8) is 0 Å². The predicted molar refractivity (Wildman–Crippen MR) is 54.3 cm³/mol. The summed E-state index contributed by atoms with van der Waals surface area (Å²) >= 11 is 0. The predicted octanol–water partition coefficient (Wildman–Crippen LogP) is -0.131. The Bertz CT molecular complexity index is 414. The van der Waals surface area contributed by atoms with E-state index in [1.165, 1.54) is 16.7 Å². The summed E-state index contributed by atoms with van der Waals surface area (Å²) in [4.78, 5) is 0.180. The fraction of sp³-hybridized carbons (Fsp3) is 0.625. The van der Waals surface area contributed by atoms with Crippen molar-refractivity contribution >= 4 is 10.0 Å². The van der Waals surface area contributed by atoms with Crippen molar-refractivity contribution in [2.45, 2.75) is 30.3 Å². The fourth-order valence-corrected chi connectivity index (χ4v) is 3.23. The van der Waals surface area contributed by atoms with Gasteiger partial charge in [-0.25, -0.2) is 8.42 Å². The van der Waals surface area contributed by atoms with Gasteiger partial charge in [0.05, 0.1) is 12.4 Å². The molecule has 1 fully saturated rings. The summed E-state index contributed by atoms with van der Waals surface area (Å²) in [7, 11) is -3.45. The minimum Gasteiger partial charge on any atom is -0.315 e. The van der Waals surface area contributed by atoms with Gasteiger partial charge in [0, 0.05) is 12.7 Å². The van der Waals surface area contributed by atoms with Gasteiger partial charge in [0.1, 0.15) is 4.90 Å². The normalized spacial score (nSPS) is 24.2. The van der Waals surface area contributed by atoms with Crippen molar-refractivity contribution < 1.29 is 8.42 Å². The standard InChI is InChI=1S/C8H14N4O2S/c9-8-3-1-2-4-12(8)15(13,14)7-5-10-11-6-7/h5-6,8H,1-4,9H2,(H,10,11). The van der Waals surface area contributed by atoms with Crippen molar-refractivity contribution in [1.82, 2.24) is 14.5 Å². The first-order valence-electron chi connectivity index (χ1n) is 4.88. The summed E-state index contributed by atoms with van der Waals surface area (Å²) in [5.74, 6) is 0. The molecule has 0 aliphatic carbocycles. The van der Waals surface area contributed by atoms with Crippen molar-refractivity contribution in [1.29, 1.82) is 0 Å². The van der Waals surface area contributed by atoms with Crippen LogP contribution < -0.4 is 5.73 Å². The molecule has 1 aliphatic heterocycles. The van der Waals surface area contributed by atoms with Crippen molar-refractivity contribution in [2.75, 3.05) is 6.54 Å². The molecule has 15 heavy (non-hydrogen) atoms. The first-order valence-corrected chi connectivity index (χ1v) is 6.32. The number of nitrogens with two attached hydrogens (primary N) is 1. The van der Waals surface area contributed by atoms with Crippen LogP contribution in [0.5, 0.6) is 0 Å². The summed E-state index contributed by atoms with van der Waals surface area (Å²) in [5, 5.41) is 6.13. The molecular weight excluding hydrogens is 216 g/mol. The van der Waals surface area contributed by atoms with Crippen LogP contribution in [0.25, 0.3) is 0 Å². The van der Waals surface area contributed by atoms with Crippen LogP contribution in [0.2, 0.25) is 0 Å². The molecule has 0 spiro atoms. The number of hydrogen-bond acceptors (Lipinski definition) is 4. The van der Waals surface area contributed by atoms with Crippen molar-refractivity contribution in [3.05, 3.63) is 12.4 Å². The van der Waals surface area contributed by atoms with E-state index in [2.05, 4.69) is 10.2 Å². The number of nitrogens with zero attached hydrogens (tertiary/aromatic N) is 2. The highest BCUT2D eigenvalue weighted by Gasteiger charge is 2.31. The first-order chi connectivity index (χ1) is 7.12. The van der Waals surface area contributed by atoms with E-state index in [0.717, 1.165) is 19.3 Å². The SMILES string of the molecule is NC1CCCCN1S(=O)(=O)c1cn[nH]c1. The van der Waals surface area contributed by atoms with Crippen LogP contribution in [-0.2, 0) is 10.0 Å². The van der Waals surface area contributed by atoms with Gasteiger partial charge in [-0.1, -0.05) is 0 Å². The smallest absolute Gasteiger partial charge is 0.247 e. The zero-order chi connectivity index (χ0) is 10.9. The van der Waals surface area contributed by atoms with E-state index in [4.69, 9.17) is 5.73 Å². The highest BCUT2D eigenvalue weighted by Crippen LogP contribution is 2.21. The zero-order valence-corrected chi connectivity index (χ0v) is 9.07. The lowest BCUT2D eigenvalue weighted by atomic mass is 10.1. The van der Waals surface area contributed by atoms with Crippen molar-refractivity contribution in [2.24, 2.45) is 5.73 Å². The van der Waals surface area contributed by atoms with Gasteiger partial charge in [0.2, 0.25) is 10.0 Å². The van der Waals surface area contributed by atoms with Crippen LogP contribution in [0.3, 0.4) is 0 Å². The third kappa shape index (κ3) is 1.90. The lowest BCUT2D eigenvalue weighted by Crippen LogP contribution is -2.48. The van der Waals surface area contributed by atoms with Gasteiger partial charge in [-0.3, -0.25) is 5.10 Å². The van der Waals surface area contributed by atoms with E-state index in [0.29, 0.717) is 6.54 Å². The number of hydrogen-bond donors (Lipinski definition) is 2. The van der Waals surface area contributed by atoms with Crippen LogP contribution in [0.4, 0.5) is 0 Å². The van der Waals surface area contributed by atoms with E-state index in [-0.39, 0.29) is 4.90 Å². The summed E-state index contributed by atoms with van der Waals surface area (Å²) < 4.78 is 25.4. The van der Waals surface area contributed by atoms with Crippen LogP contribution >= 0.6 is 0 Å². The molecular formula is C8H14N4O2S. The molecule has 1 aliphatic rings. The third-order valence-corrected chi connectivity index (χ3v) is 4.47. The number of sulfonamides is 1. The van der Waals surface area contributed by atoms with E-state index >= 15 is 0 Å². The van der Waals surface area contributed by atoms with Gasteiger partial charge < -0.3 is 5.73 Å². The molecule has 84 valence electrons. The summed E-state index contributed by atoms with van der Waals surface area (Å²) in [6.45, 7) is 0.495. The molecule has 0 bridgehead atoms. The number of aromatic amines is 1. The zero-order valence-electron chi connectivity index (χ0n) is 8.26. The lowest BCUT2D eigenvalue weighted by molar-refractivity contribution is 0.258. The van der Waals surface area contributed by atoms with Crippen LogP contribution in [0.15, 0.2) is 17.3 Å². The van der Waals surface area contributed by atoms with Crippen molar-refractivity contribution in [3.8, 4) is 0 Å². The average molecular weight is 230 g/mol. The Hall–Kier alpha value is -0.920. The van der Waals surface area contributed by atoms with E-state index in [1.54, 1.807) is 0 Å². The minimum absolute atomic E-state index is 0.180. The van der Waals surface area contributed by atoms with E-state index < -0.39 is 16.2 Å². The maximum Gasteiger partial charge on any atom is 0.247 e. The molecule has 7 heteroatoms. The first kappa shape index (κ1) is 10.6. The average Bonchev–Trinajstić information content (AvgIpc) is 2.71. The minimum atomic E-state index is -3.45. The molecule has 1 aromatic rings. The molecule has 1 unspecified atom stereocenters. The Labute approximate surface area is 88.5 Å². The highest BCUT2D eigenvalue weighted by atomic mass is 32.2. The Morgan fingerprint density at radius 2 is 2.33 bits per heavy atom. The van der Waals surface area contributed by atoms with Gasteiger partial charge in [0.25, 0.3) is 0 Å². The number of aromatic nitrogens is 2. The molecule has 2 rings (SSSR count). The van der Waals surface area contributed by atoms with Crippen LogP contribution in [-0.4, -0.2) is 35.6 Å². The summed E-state index contributed by atoms with van der Waals surface area (Å²) in [5.41, 5.74) is 5.79. The topological polar surface area (TPSA) is 92.1 Å². The molecule has 0 saturated carbocycles. The van der Waals surface area contributed by atoms with Gasteiger partial charge in [-0.05, 0) is 19.3 Å². The molecule has 0 amide bonds. The van der Waals surface area contributed by atoms with Gasteiger partial charge in [0.15, 0.2) is 0 Å².